The second-order valence-corrected chi connectivity index (χ2v) is 12.7. The van der Waals surface area contributed by atoms with E-state index in [1.54, 1.807) is 0 Å². The average molecular weight is 647 g/mol. The topological polar surface area (TPSA) is 125 Å². The van der Waals surface area contributed by atoms with Gasteiger partial charge >= 0.3 is 0 Å². The zero-order chi connectivity index (χ0) is 31.4. The van der Waals surface area contributed by atoms with Gasteiger partial charge < -0.3 is 26.2 Å². The SMILES string of the molecule is NCC[C@H](NC(=O)[C@@H]1Cc2ccccc2CN1C(=O)CCC(=O)N1CCCCC12CCC2)C(=O)Nc1ccc(Cl)c(Cl)c1F. The summed E-state index contributed by atoms with van der Waals surface area (Å²) in [6.45, 7) is 1.00. The molecule has 1 spiro atoms. The monoisotopic (exact) mass is 645 g/mol. The smallest absolute Gasteiger partial charge is 0.247 e. The molecule has 2 aliphatic heterocycles. The van der Waals surface area contributed by atoms with Gasteiger partial charge in [0, 0.05) is 37.9 Å². The Morgan fingerprint density at radius 1 is 0.977 bits per heavy atom. The molecule has 4 N–H and O–H groups in total. The van der Waals surface area contributed by atoms with E-state index < -0.39 is 29.7 Å². The van der Waals surface area contributed by atoms with Crippen molar-refractivity contribution < 1.29 is 23.6 Å². The van der Waals surface area contributed by atoms with Crippen molar-refractivity contribution in [2.75, 3.05) is 18.4 Å². The van der Waals surface area contributed by atoms with E-state index in [1.807, 2.05) is 29.2 Å². The molecule has 5 rings (SSSR count). The minimum absolute atomic E-state index is 0.00325. The third kappa shape index (κ3) is 6.72. The zero-order valence-electron chi connectivity index (χ0n) is 24.5. The van der Waals surface area contributed by atoms with Crippen LogP contribution in [0.25, 0.3) is 0 Å². The normalized spacial score (nSPS) is 19.5. The summed E-state index contributed by atoms with van der Waals surface area (Å²) < 4.78 is 14.6. The predicted octanol–water partition coefficient (Wildman–Crippen LogP) is 4.57. The Bertz CT molecular complexity index is 1440. The summed E-state index contributed by atoms with van der Waals surface area (Å²) in [5.41, 5.74) is 7.36. The summed E-state index contributed by atoms with van der Waals surface area (Å²) in [4.78, 5) is 57.3. The number of hydrogen-bond acceptors (Lipinski definition) is 5. The summed E-state index contributed by atoms with van der Waals surface area (Å²) in [7, 11) is 0. The number of hydrogen-bond donors (Lipinski definition) is 3. The number of fused-ring (bicyclic) bond motifs is 1. The predicted molar refractivity (Wildman–Crippen MR) is 167 cm³/mol. The molecule has 2 aromatic rings. The van der Waals surface area contributed by atoms with E-state index in [2.05, 4.69) is 10.6 Å². The highest BCUT2D eigenvalue weighted by atomic mass is 35.5. The highest BCUT2D eigenvalue weighted by Crippen LogP contribution is 2.44. The van der Waals surface area contributed by atoms with Gasteiger partial charge in [-0.1, -0.05) is 47.5 Å². The van der Waals surface area contributed by atoms with Gasteiger partial charge in [-0.2, -0.15) is 0 Å². The van der Waals surface area contributed by atoms with Crippen LogP contribution in [0.1, 0.15) is 68.9 Å². The van der Waals surface area contributed by atoms with Gasteiger partial charge in [-0.05, 0) is 74.8 Å². The number of rotatable bonds is 9. The van der Waals surface area contributed by atoms with E-state index in [9.17, 15) is 23.6 Å². The van der Waals surface area contributed by atoms with Gasteiger partial charge in [-0.3, -0.25) is 19.2 Å². The van der Waals surface area contributed by atoms with Gasteiger partial charge in [0.2, 0.25) is 23.6 Å². The van der Waals surface area contributed by atoms with Crippen LogP contribution < -0.4 is 16.4 Å². The molecule has 1 saturated carbocycles. The lowest BCUT2D eigenvalue weighted by Gasteiger charge is -2.53. The van der Waals surface area contributed by atoms with E-state index in [0.29, 0.717) is 0 Å². The molecule has 1 saturated heterocycles. The lowest BCUT2D eigenvalue weighted by molar-refractivity contribution is -0.148. The van der Waals surface area contributed by atoms with E-state index in [4.69, 9.17) is 28.9 Å². The van der Waals surface area contributed by atoms with E-state index >= 15 is 0 Å². The highest BCUT2D eigenvalue weighted by Gasteiger charge is 2.46. The molecule has 2 fully saturated rings. The molecule has 3 aliphatic rings. The molecule has 1 aliphatic carbocycles. The zero-order valence-corrected chi connectivity index (χ0v) is 26.1. The van der Waals surface area contributed by atoms with Gasteiger partial charge in [0.05, 0.1) is 15.7 Å². The number of nitrogens with two attached hydrogens (primary N) is 1. The summed E-state index contributed by atoms with van der Waals surface area (Å²) >= 11 is 11.7. The van der Waals surface area contributed by atoms with Crippen molar-refractivity contribution in [2.24, 2.45) is 5.73 Å². The molecule has 4 amide bonds. The van der Waals surface area contributed by atoms with Crippen molar-refractivity contribution in [3.63, 3.8) is 0 Å². The maximum Gasteiger partial charge on any atom is 0.247 e. The first-order valence-electron chi connectivity index (χ1n) is 15.2. The lowest BCUT2D eigenvalue weighted by atomic mass is 9.70. The maximum absolute atomic E-state index is 14.6. The van der Waals surface area contributed by atoms with Crippen molar-refractivity contribution in [1.82, 2.24) is 15.1 Å². The second kappa shape index (κ2) is 13.8. The fourth-order valence-corrected chi connectivity index (χ4v) is 6.96. The van der Waals surface area contributed by atoms with Crippen LogP contribution in [0, 0.1) is 5.82 Å². The number of amides is 4. The van der Waals surface area contributed by atoms with Crippen LogP contribution in [0.15, 0.2) is 36.4 Å². The van der Waals surface area contributed by atoms with Crippen molar-refractivity contribution in [3.05, 3.63) is 63.4 Å². The number of likely N-dealkylation sites (tertiary alicyclic amines) is 1. The Balaban J connectivity index is 1.29. The summed E-state index contributed by atoms with van der Waals surface area (Å²) in [5.74, 6) is -2.43. The van der Waals surface area contributed by atoms with Gasteiger partial charge in [-0.25, -0.2) is 4.39 Å². The Hall–Kier alpha value is -3.21. The van der Waals surface area contributed by atoms with Crippen LogP contribution >= 0.6 is 23.2 Å². The lowest BCUT2D eigenvalue weighted by Crippen LogP contribution is -2.58. The first kappa shape index (κ1) is 32.2. The number of piperidine rings is 1. The number of benzene rings is 2. The molecule has 0 aromatic heterocycles. The van der Waals surface area contributed by atoms with Gasteiger partial charge in [0.25, 0.3) is 0 Å². The average Bonchev–Trinajstić information content (AvgIpc) is 3.01. The fourth-order valence-electron chi connectivity index (χ4n) is 6.65. The van der Waals surface area contributed by atoms with Crippen LogP contribution in [0.4, 0.5) is 10.1 Å². The molecule has 0 bridgehead atoms. The number of carbonyl (C=O) groups excluding carboxylic acids is 4. The summed E-state index contributed by atoms with van der Waals surface area (Å²) in [5, 5.41) is 4.84. The third-order valence-corrected chi connectivity index (χ3v) is 10.0. The first-order chi connectivity index (χ1) is 21.1. The van der Waals surface area contributed by atoms with Crippen molar-refractivity contribution in [2.45, 2.75) is 88.4 Å². The number of nitrogens with one attached hydrogen (secondary N) is 2. The molecular formula is C32H38Cl2FN5O4. The number of nitrogens with zero attached hydrogens (tertiary/aromatic N) is 2. The Morgan fingerprint density at radius 3 is 2.39 bits per heavy atom. The maximum atomic E-state index is 14.6. The molecule has 2 atom stereocenters. The molecule has 236 valence electrons. The molecule has 9 nitrogen and oxygen atoms in total. The van der Waals surface area contributed by atoms with E-state index in [1.165, 1.54) is 17.0 Å². The number of carbonyl (C=O) groups is 4. The van der Waals surface area contributed by atoms with Crippen molar-refractivity contribution in [1.29, 1.82) is 0 Å². The molecule has 2 aromatic carbocycles. The van der Waals surface area contributed by atoms with Crippen LogP contribution in [0.2, 0.25) is 10.0 Å². The fraction of sp³-hybridized carbons (Fsp3) is 0.500. The number of halogens is 3. The largest absolute Gasteiger partial charge is 0.342 e. The standard InChI is InChI=1S/C32H38Cl2FN5O4/c33-22-8-9-23(29(35)28(22)34)37-30(43)24(12-16-36)38-31(44)25-18-20-6-1-2-7-21(20)19-39(25)26(41)10-11-27(42)40-17-4-3-13-32(40)14-5-15-32/h1-2,6-9,24-25H,3-5,10-19,36H2,(H,37,43)(H,38,44)/t24-,25-/m0/s1. The molecule has 0 unspecified atom stereocenters. The van der Waals surface area contributed by atoms with E-state index in [-0.39, 0.29) is 71.9 Å². The van der Waals surface area contributed by atoms with Crippen LogP contribution in [-0.4, -0.2) is 64.1 Å². The van der Waals surface area contributed by atoms with E-state index in [0.717, 1.165) is 56.2 Å². The number of anilines is 1. The van der Waals surface area contributed by atoms with Crippen molar-refractivity contribution >= 4 is 52.5 Å². The minimum atomic E-state index is -1.10. The summed E-state index contributed by atoms with van der Waals surface area (Å²) in [6.07, 6.45) is 6.67. The third-order valence-electron chi connectivity index (χ3n) is 9.24. The van der Waals surface area contributed by atoms with Gasteiger partial charge in [0.1, 0.15) is 12.1 Å². The molecule has 2 heterocycles. The van der Waals surface area contributed by atoms with Crippen LogP contribution in [-0.2, 0) is 32.1 Å². The quantitative estimate of drug-likeness (QED) is 0.345. The first-order valence-corrected chi connectivity index (χ1v) is 16.0. The van der Waals surface area contributed by atoms with Crippen LogP contribution in [0.3, 0.4) is 0 Å². The molecule has 0 radical (unpaired) electrons. The highest BCUT2D eigenvalue weighted by molar-refractivity contribution is 6.42. The minimum Gasteiger partial charge on any atom is -0.342 e. The molecular weight excluding hydrogens is 608 g/mol. The Kier molecular flexibility index (Phi) is 10.1. The molecule has 44 heavy (non-hydrogen) atoms. The molecule has 12 heteroatoms. The Labute approximate surface area is 266 Å². The van der Waals surface area contributed by atoms with Crippen LogP contribution in [0.5, 0.6) is 0 Å². The van der Waals surface area contributed by atoms with Gasteiger partial charge in [0.15, 0.2) is 5.82 Å². The van der Waals surface area contributed by atoms with Gasteiger partial charge in [-0.15, -0.1) is 0 Å². The Morgan fingerprint density at radius 2 is 1.68 bits per heavy atom. The van der Waals surface area contributed by atoms with Crippen molar-refractivity contribution in [3.8, 4) is 0 Å². The summed E-state index contributed by atoms with van der Waals surface area (Å²) in [6, 6.07) is 8.19. The second-order valence-electron chi connectivity index (χ2n) is 11.9.